The number of rotatable bonds is 3. The van der Waals surface area contributed by atoms with Gasteiger partial charge in [-0.15, -0.1) is 0 Å². The van der Waals surface area contributed by atoms with Crippen LogP contribution in [0.3, 0.4) is 0 Å². The Labute approximate surface area is 126 Å². The highest BCUT2D eigenvalue weighted by Crippen LogP contribution is 2.37. The van der Waals surface area contributed by atoms with Gasteiger partial charge in [-0.3, -0.25) is 19.7 Å². The van der Waals surface area contributed by atoms with E-state index in [0.717, 1.165) is 17.0 Å². The number of halogens is 2. The molecule has 0 saturated carbocycles. The molecule has 1 fully saturated rings. The van der Waals surface area contributed by atoms with Crippen molar-refractivity contribution in [3.05, 3.63) is 32.5 Å². The fourth-order valence-electron chi connectivity index (χ4n) is 2.21. The van der Waals surface area contributed by atoms with Crippen molar-refractivity contribution in [1.82, 2.24) is 0 Å². The van der Waals surface area contributed by atoms with Crippen molar-refractivity contribution in [2.75, 3.05) is 18.6 Å². The Balaban J connectivity index is 2.45. The number of hydrogen-bond donors (Lipinski definition) is 0. The summed E-state index contributed by atoms with van der Waals surface area (Å²) in [5.74, 6) is -2.83. The number of carbonyl (C=O) groups is 2. The van der Waals surface area contributed by atoms with E-state index in [2.05, 4.69) is 20.7 Å². The van der Waals surface area contributed by atoms with Gasteiger partial charge in [0.15, 0.2) is 11.5 Å². The van der Waals surface area contributed by atoms with Crippen molar-refractivity contribution in [1.29, 1.82) is 0 Å². The highest BCUT2D eigenvalue weighted by molar-refractivity contribution is 9.10. The van der Waals surface area contributed by atoms with Gasteiger partial charge < -0.3 is 9.64 Å². The fraction of sp³-hybridized carbons (Fsp3) is 0.333. The third kappa shape index (κ3) is 2.87. The maximum atomic E-state index is 14.1. The first-order valence-electron chi connectivity index (χ1n) is 5.86. The molecule has 0 aliphatic carbocycles. The molecule has 1 heterocycles. The van der Waals surface area contributed by atoms with Crippen LogP contribution in [0.1, 0.15) is 6.42 Å². The number of ether oxygens (including phenoxy) is 1. The lowest BCUT2D eigenvalue weighted by molar-refractivity contribution is -0.384. The summed E-state index contributed by atoms with van der Waals surface area (Å²) >= 11 is 2.96. The van der Waals surface area contributed by atoms with Gasteiger partial charge in [0.2, 0.25) is 5.91 Å². The van der Waals surface area contributed by atoms with Gasteiger partial charge in [-0.05, 0) is 6.07 Å². The molecule has 1 amide bonds. The molecule has 2 rings (SSSR count). The van der Waals surface area contributed by atoms with Crippen LogP contribution in [0.25, 0.3) is 0 Å². The molecule has 1 saturated heterocycles. The zero-order chi connectivity index (χ0) is 15.7. The topological polar surface area (TPSA) is 89.8 Å². The quantitative estimate of drug-likeness (QED) is 0.467. The number of carbonyl (C=O) groups excluding carboxylic acids is 2. The van der Waals surface area contributed by atoms with E-state index in [1.54, 1.807) is 0 Å². The molecular weight excluding hydrogens is 351 g/mol. The lowest BCUT2D eigenvalue weighted by atomic mass is 10.1. The van der Waals surface area contributed by atoms with Gasteiger partial charge in [0.1, 0.15) is 0 Å². The van der Waals surface area contributed by atoms with Gasteiger partial charge in [0.05, 0.1) is 18.0 Å². The van der Waals surface area contributed by atoms with Crippen LogP contribution in [0, 0.1) is 21.8 Å². The maximum absolute atomic E-state index is 14.1. The molecule has 0 radical (unpaired) electrons. The molecule has 1 aliphatic heterocycles. The molecule has 1 aromatic carbocycles. The second-order valence-electron chi connectivity index (χ2n) is 4.44. The Kier molecular flexibility index (Phi) is 4.21. The van der Waals surface area contributed by atoms with Crippen LogP contribution >= 0.6 is 15.9 Å². The Morgan fingerprint density at radius 1 is 1.57 bits per heavy atom. The lowest BCUT2D eigenvalue weighted by Gasteiger charge is -2.17. The van der Waals surface area contributed by atoms with Crippen LogP contribution in [-0.4, -0.2) is 30.5 Å². The highest BCUT2D eigenvalue weighted by atomic mass is 79.9. The lowest BCUT2D eigenvalue weighted by Crippen LogP contribution is -2.27. The van der Waals surface area contributed by atoms with Crippen LogP contribution in [0.2, 0.25) is 0 Å². The molecule has 0 spiro atoms. The molecule has 1 unspecified atom stereocenters. The van der Waals surface area contributed by atoms with Gasteiger partial charge in [-0.1, -0.05) is 15.9 Å². The van der Waals surface area contributed by atoms with Crippen LogP contribution in [-0.2, 0) is 14.3 Å². The Morgan fingerprint density at radius 3 is 2.81 bits per heavy atom. The molecule has 1 aromatic rings. The summed E-state index contributed by atoms with van der Waals surface area (Å²) in [7, 11) is 1.18. The maximum Gasteiger partial charge on any atom is 0.311 e. The third-order valence-corrected chi connectivity index (χ3v) is 3.59. The van der Waals surface area contributed by atoms with E-state index < -0.39 is 39.9 Å². The first-order chi connectivity index (χ1) is 9.85. The summed E-state index contributed by atoms with van der Waals surface area (Å²) < 4.78 is 18.8. The normalized spacial score (nSPS) is 18.0. The zero-order valence-electron chi connectivity index (χ0n) is 10.8. The highest BCUT2D eigenvalue weighted by Gasteiger charge is 2.40. The first-order valence-corrected chi connectivity index (χ1v) is 6.66. The predicted molar refractivity (Wildman–Crippen MR) is 73.2 cm³/mol. The average molecular weight is 361 g/mol. The number of methoxy groups -OCH3 is 1. The summed E-state index contributed by atoms with van der Waals surface area (Å²) in [6.45, 7) is -0.148. The number of nitrogens with zero attached hydrogens (tertiary/aromatic N) is 2. The van der Waals surface area contributed by atoms with Crippen molar-refractivity contribution >= 4 is 39.2 Å². The van der Waals surface area contributed by atoms with E-state index >= 15 is 0 Å². The summed E-state index contributed by atoms with van der Waals surface area (Å²) in [5, 5.41) is 11.0. The second kappa shape index (κ2) is 5.76. The van der Waals surface area contributed by atoms with Gasteiger partial charge in [0, 0.05) is 23.5 Å². The number of anilines is 1. The van der Waals surface area contributed by atoms with Crippen molar-refractivity contribution < 1.29 is 23.6 Å². The summed E-state index contributed by atoms with van der Waals surface area (Å²) in [6.07, 6.45) is -0.167. The van der Waals surface area contributed by atoms with Gasteiger partial charge >= 0.3 is 5.97 Å². The fourth-order valence-corrected chi connectivity index (χ4v) is 2.62. The number of nitro groups is 1. The van der Waals surface area contributed by atoms with Crippen LogP contribution in [0.15, 0.2) is 16.6 Å². The van der Waals surface area contributed by atoms with Crippen molar-refractivity contribution in [2.24, 2.45) is 5.92 Å². The predicted octanol–water partition coefficient (Wildman–Crippen LogP) is 2.02. The molecular formula is C12H10BrFN2O5. The molecule has 112 valence electrons. The minimum atomic E-state index is -0.907. The zero-order valence-corrected chi connectivity index (χ0v) is 12.4. The molecule has 0 N–H and O–H groups in total. The number of amides is 1. The molecule has 7 nitrogen and oxygen atoms in total. The molecule has 1 atom stereocenters. The van der Waals surface area contributed by atoms with Gasteiger partial charge in [-0.2, -0.15) is 0 Å². The average Bonchev–Trinajstić information content (AvgIpc) is 2.78. The van der Waals surface area contributed by atoms with E-state index in [4.69, 9.17) is 0 Å². The summed E-state index contributed by atoms with van der Waals surface area (Å²) in [5.41, 5.74) is -0.972. The van der Waals surface area contributed by atoms with Crippen LogP contribution < -0.4 is 4.90 Å². The number of hydrogen-bond acceptors (Lipinski definition) is 5. The van der Waals surface area contributed by atoms with E-state index in [0.29, 0.717) is 0 Å². The second-order valence-corrected chi connectivity index (χ2v) is 5.36. The molecule has 0 aromatic heterocycles. The summed E-state index contributed by atoms with van der Waals surface area (Å²) in [4.78, 5) is 34.6. The third-order valence-electron chi connectivity index (χ3n) is 3.13. The Hall–Kier alpha value is -2.03. The van der Waals surface area contributed by atoms with Crippen LogP contribution in [0.5, 0.6) is 0 Å². The minimum absolute atomic E-state index is 0.148. The van der Waals surface area contributed by atoms with E-state index in [1.807, 2.05) is 0 Å². The van der Waals surface area contributed by atoms with E-state index in [1.165, 1.54) is 7.11 Å². The smallest absolute Gasteiger partial charge is 0.311 e. The van der Waals surface area contributed by atoms with Crippen LogP contribution in [0.4, 0.5) is 15.8 Å². The Bertz CT molecular complexity index is 636. The van der Waals surface area contributed by atoms with E-state index in [9.17, 15) is 24.1 Å². The Morgan fingerprint density at radius 2 is 2.24 bits per heavy atom. The minimum Gasteiger partial charge on any atom is -0.469 e. The number of nitro benzene ring substituents is 1. The van der Waals surface area contributed by atoms with Gasteiger partial charge in [0.25, 0.3) is 5.69 Å². The molecule has 1 aliphatic rings. The number of benzene rings is 1. The first kappa shape index (κ1) is 15.4. The largest absolute Gasteiger partial charge is 0.469 e. The van der Waals surface area contributed by atoms with Crippen molar-refractivity contribution in [3.63, 3.8) is 0 Å². The molecule has 21 heavy (non-hydrogen) atoms. The number of esters is 1. The SMILES string of the molecule is COC(=O)C1CC(=O)N(c2c(F)cc(Br)cc2[N+](=O)[O-])C1. The monoisotopic (exact) mass is 360 g/mol. The van der Waals surface area contributed by atoms with E-state index in [-0.39, 0.29) is 17.4 Å². The molecule has 9 heteroatoms. The molecule has 0 bridgehead atoms. The standard InChI is InChI=1S/C12H10BrFN2O5/c1-21-12(18)6-2-10(17)15(5-6)11-8(14)3-7(13)4-9(11)16(19)20/h3-4,6H,2,5H2,1H3. The van der Waals surface area contributed by atoms with Crippen molar-refractivity contribution in [3.8, 4) is 0 Å². The van der Waals surface area contributed by atoms with Crippen molar-refractivity contribution in [2.45, 2.75) is 6.42 Å². The summed E-state index contributed by atoms with van der Waals surface area (Å²) in [6, 6.07) is 2.14. The van der Waals surface area contributed by atoms with Gasteiger partial charge in [-0.25, -0.2) is 4.39 Å².